The number of methoxy groups -OCH3 is 1. The summed E-state index contributed by atoms with van der Waals surface area (Å²) in [7, 11) is -2.28. The zero-order valence-corrected chi connectivity index (χ0v) is 8.43. The molecule has 0 rings (SSSR count). The molecule has 0 aliphatic carbocycles. The molecule has 1 atom stereocenters. The van der Waals surface area contributed by atoms with Crippen molar-refractivity contribution in [3.8, 4) is 0 Å². The maximum Gasteiger partial charge on any atom is 0.309 e. The van der Waals surface area contributed by atoms with Crippen molar-refractivity contribution in [2.24, 2.45) is 5.92 Å². The standard InChI is InChI=1S/C7H13FO4S/c1-6(7(9)12-2)5-13(10,11)4-3-8/h6H,3-5H2,1-2H3. The fourth-order valence-electron chi connectivity index (χ4n) is 0.851. The Balaban J connectivity index is 4.20. The lowest BCUT2D eigenvalue weighted by Gasteiger charge is -2.08. The van der Waals surface area contributed by atoms with Gasteiger partial charge in [0.2, 0.25) is 0 Å². The molecule has 0 aromatic rings. The molecule has 0 aliphatic rings. The summed E-state index contributed by atoms with van der Waals surface area (Å²) in [5.41, 5.74) is 0. The van der Waals surface area contributed by atoms with E-state index < -0.39 is 34.2 Å². The molecule has 0 aromatic heterocycles. The number of hydrogen-bond donors (Lipinski definition) is 0. The minimum Gasteiger partial charge on any atom is -0.469 e. The van der Waals surface area contributed by atoms with Crippen molar-refractivity contribution >= 4 is 15.8 Å². The van der Waals surface area contributed by atoms with E-state index in [0.29, 0.717) is 0 Å². The summed E-state index contributed by atoms with van der Waals surface area (Å²) in [6.07, 6.45) is 0. The maximum absolute atomic E-state index is 11.7. The summed E-state index contributed by atoms with van der Waals surface area (Å²) < 4.78 is 38.1. The largest absolute Gasteiger partial charge is 0.469 e. The molecule has 0 heterocycles. The molecular formula is C7H13FO4S. The van der Waals surface area contributed by atoms with Crippen LogP contribution in [0.15, 0.2) is 0 Å². The van der Waals surface area contributed by atoms with E-state index in [4.69, 9.17) is 0 Å². The van der Waals surface area contributed by atoms with E-state index in [1.54, 1.807) is 0 Å². The first-order valence-corrected chi connectivity index (χ1v) is 5.59. The van der Waals surface area contributed by atoms with Crippen molar-refractivity contribution in [1.29, 1.82) is 0 Å². The average Bonchev–Trinajstić information content (AvgIpc) is 2.01. The second kappa shape index (κ2) is 5.16. The number of carbonyl (C=O) groups excluding carboxylic acids is 1. The number of alkyl halides is 1. The van der Waals surface area contributed by atoms with Crippen molar-refractivity contribution in [3.05, 3.63) is 0 Å². The van der Waals surface area contributed by atoms with Gasteiger partial charge in [-0.25, -0.2) is 12.8 Å². The molecule has 0 saturated carbocycles. The Hall–Kier alpha value is -0.650. The molecule has 0 spiro atoms. The van der Waals surface area contributed by atoms with Crippen LogP contribution in [0.4, 0.5) is 4.39 Å². The number of carbonyl (C=O) groups is 1. The number of ether oxygens (including phenoxy) is 1. The first kappa shape index (κ1) is 12.3. The normalized spacial score (nSPS) is 13.8. The van der Waals surface area contributed by atoms with Crippen LogP contribution in [0.25, 0.3) is 0 Å². The Morgan fingerprint density at radius 1 is 1.54 bits per heavy atom. The fourth-order valence-corrected chi connectivity index (χ4v) is 2.15. The Morgan fingerprint density at radius 2 is 2.08 bits per heavy atom. The van der Waals surface area contributed by atoms with Crippen molar-refractivity contribution < 1.29 is 22.3 Å². The predicted octanol–water partition coefficient (Wildman–Crippen LogP) is 0.180. The van der Waals surface area contributed by atoms with E-state index >= 15 is 0 Å². The number of halogens is 1. The van der Waals surface area contributed by atoms with Gasteiger partial charge >= 0.3 is 5.97 Å². The van der Waals surface area contributed by atoms with Crippen LogP contribution in [0.2, 0.25) is 0 Å². The molecule has 0 bridgehead atoms. The lowest BCUT2D eigenvalue weighted by molar-refractivity contribution is -0.144. The lowest BCUT2D eigenvalue weighted by atomic mass is 10.2. The van der Waals surface area contributed by atoms with Crippen molar-refractivity contribution in [1.82, 2.24) is 0 Å². The van der Waals surface area contributed by atoms with Gasteiger partial charge in [0.1, 0.15) is 6.67 Å². The van der Waals surface area contributed by atoms with E-state index in [1.165, 1.54) is 14.0 Å². The van der Waals surface area contributed by atoms with Gasteiger partial charge in [-0.05, 0) is 0 Å². The second-order valence-electron chi connectivity index (χ2n) is 2.73. The smallest absolute Gasteiger partial charge is 0.309 e. The molecule has 78 valence electrons. The molecule has 0 aromatic carbocycles. The van der Waals surface area contributed by atoms with Crippen LogP contribution in [0.5, 0.6) is 0 Å². The van der Waals surface area contributed by atoms with Crippen molar-refractivity contribution in [3.63, 3.8) is 0 Å². The minimum absolute atomic E-state index is 0.358. The summed E-state index contributed by atoms with van der Waals surface area (Å²) >= 11 is 0. The van der Waals surface area contributed by atoms with Crippen LogP contribution in [0.1, 0.15) is 6.92 Å². The highest BCUT2D eigenvalue weighted by Crippen LogP contribution is 2.04. The van der Waals surface area contributed by atoms with E-state index in [-0.39, 0.29) is 5.75 Å². The molecule has 0 radical (unpaired) electrons. The van der Waals surface area contributed by atoms with Crippen LogP contribution in [0, 0.1) is 5.92 Å². The monoisotopic (exact) mass is 212 g/mol. The Labute approximate surface area is 77.0 Å². The quantitative estimate of drug-likeness (QED) is 0.610. The molecule has 0 aliphatic heterocycles. The van der Waals surface area contributed by atoms with Crippen LogP contribution in [-0.4, -0.2) is 39.7 Å². The SMILES string of the molecule is COC(=O)C(C)CS(=O)(=O)CCF. The summed E-state index contributed by atoms with van der Waals surface area (Å²) in [4.78, 5) is 10.8. The number of rotatable bonds is 5. The van der Waals surface area contributed by atoms with Gasteiger partial charge in [-0.3, -0.25) is 4.79 Å². The predicted molar refractivity (Wildman–Crippen MR) is 45.8 cm³/mol. The van der Waals surface area contributed by atoms with Gasteiger partial charge in [0.25, 0.3) is 0 Å². The van der Waals surface area contributed by atoms with Gasteiger partial charge in [0.15, 0.2) is 9.84 Å². The number of hydrogen-bond acceptors (Lipinski definition) is 4. The third kappa shape index (κ3) is 4.82. The van der Waals surface area contributed by atoms with Gasteiger partial charge in [-0.15, -0.1) is 0 Å². The van der Waals surface area contributed by atoms with E-state index in [9.17, 15) is 17.6 Å². The molecule has 0 fully saturated rings. The van der Waals surface area contributed by atoms with Gasteiger partial charge in [-0.1, -0.05) is 6.92 Å². The zero-order valence-electron chi connectivity index (χ0n) is 7.62. The summed E-state index contributed by atoms with van der Waals surface area (Å²) in [6.45, 7) is 0.512. The van der Waals surface area contributed by atoms with Gasteiger partial charge in [0, 0.05) is 0 Å². The lowest BCUT2D eigenvalue weighted by Crippen LogP contribution is -2.24. The Morgan fingerprint density at radius 3 is 2.46 bits per heavy atom. The number of esters is 1. The molecule has 4 nitrogen and oxygen atoms in total. The summed E-state index contributed by atoms with van der Waals surface area (Å²) in [6, 6.07) is 0. The van der Waals surface area contributed by atoms with Crippen LogP contribution >= 0.6 is 0 Å². The molecule has 0 N–H and O–H groups in total. The maximum atomic E-state index is 11.7. The molecule has 1 unspecified atom stereocenters. The minimum atomic E-state index is -3.46. The van der Waals surface area contributed by atoms with Gasteiger partial charge in [-0.2, -0.15) is 0 Å². The van der Waals surface area contributed by atoms with Gasteiger partial charge < -0.3 is 4.74 Å². The second-order valence-corrected chi connectivity index (χ2v) is 4.96. The summed E-state index contributed by atoms with van der Waals surface area (Å²) in [5.74, 6) is -2.22. The van der Waals surface area contributed by atoms with E-state index in [2.05, 4.69) is 4.74 Å². The van der Waals surface area contributed by atoms with Gasteiger partial charge in [0.05, 0.1) is 24.5 Å². The fraction of sp³-hybridized carbons (Fsp3) is 0.857. The average molecular weight is 212 g/mol. The summed E-state index contributed by atoms with van der Waals surface area (Å²) in [5, 5.41) is 0. The molecule has 13 heavy (non-hydrogen) atoms. The highest BCUT2D eigenvalue weighted by molar-refractivity contribution is 7.91. The highest BCUT2D eigenvalue weighted by Gasteiger charge is 2.21. The topological polar surface area (TPSA) is 60.4 Å². The molecule has 0 saturated heterocycles. The Kier molecular flexibility index (Phi) is 4.90. The zero-order chi connectivity index (χ0) is 10.5. The van der Waals surface area contributed by atoms with E-state index in [0.717, 1.165) is 0 Å². The third-order valence-corrected chi connectivity index (χ3v) is 3.28. The van der Waals surface area contributed by atoms with Crippen LogP contribution in [0.3, 0.4) is 0 Å². The van der Waals surface area contributed by atoms with Crippen molar-refractivity contribution in [2.45, 2.75) is 6.92 Å². The van der Waals surface area contributed by atoms with Crippen molar-refractivity contribution in [2.75, 3.05) is 25.3 Å². The van der Waals surface area contributed by atoms with E-state index in [1.807, 2.05) is 0 Å². The Bertz CT molecular complexity index is 260. The number of sulfone groups is 1. The highest BCUT2D eigenvalue weighted by atomic mass is 32.2. The molecular weight excluding hydrogens is 199 g/mol. The molecule has 6 heteroatoms. The third-order valence-electron chi connectivity index (χ3n) is 1.50. The first-order valence-electron chi connectivity index (χ1n) is 3.77. The molecule has 0 amide bonds. The van der Waals surface area contributed by atoms with Crippen LogP contribution < -0.4 is 0 Å². The van der Waals surface area contributed by atoms with Crippen LogP contribution in [-0.2, 0) is 19.4 Å². The first-order chi connectivity index (χ1) is 5.93.